The summed E-state index contributed by atoms with van der Waals surface area (Å²) in [5.74, 6) is 0.188. The molecule has 0 aliphatic rings. The van der Waals surface area contributed by atoms with E-state index in [0.717, 1.165) is 5.56 Å². The van der Waals surface area contributed by atoms with Crippen LogP contribution in [0.2, 0.25) is 0 Å². The van der Waals surface area contributed by atoms with Crippen LogP contribution in [0.4, 0.5) is 0 Å². The lowest BCUT2D eigenvalue weighted by Gasteiger charge is -2.02. The molecule has 108 valence electrons. The Hall–Kier alpha value is -2.82. The van der Waals surface area contributed by atoms with Crippen LogP contribution in [-0.4, -0.2) is 13.1 Å². The molecule has 0 aliphatic heterocycles. The van der Waals surface area contributed by atoms with Gasteiger partial charge in [-0.3, -0.25) is 4.79 Å². The van der Waals surface area contributed by atoms with E-state index >= 15 is 0 Å². The maximum atomic E-state index is 11.7. The van der Waals surface area contributed by atoms with E-state index < -0.39 is 11.4 Å². The third kappa shape index (κ3) is 3.82. The standard InChI is InChI=1S/C16H14O5/c1-11-16(14(17)8-9-20-11)21-15(18)7-6-12-4-3-5-13(10-12)19-2/h3-10H,1-2H3/b7-6+. The molecule has 2 aromatic rings. The highest BCUT2D eigenvalue weighted by Gasteiger charge is 2.09. The van der Waals surface area contributed by atoms with Gasteiger partial charge in [-0.15, -0.1) is 0 Å². The first-order chi connectivity index (χ1) is 10.1. The Morgan fingerprint density at radius 2 is 2.10 bits per heavy atom. The van der Waals surface area contributed by atoms with E-state index in [1.54, 1.807) is 38.3 Å². The summed E-state index contributed by atoms with van der Waals surface area (Å²) in [5, 5.41) is 0. The van der Waals surface area contributed by atoms with Crippen LogP contribution in [0.3, 0.4) is 0 Å². The van der Waals surface area contributed by atoms with Gasteiger partial charge in [-0.05, 0) is 30.7 Å². The Kier molecular flexibility index (Phi) is 4.56. The minimum atomic E-state index is -0.653. The lowest BCUT2D eigenvalue weighted by molar-refractivity contribution is -0.129. The number of hydrogen-bond donors (Lipinski definition) is 0. The number of benzene rings is 1. The van der Waals surface area contributed by atoms with Gasteiger partial charge < -0.3 is 13.9 Å². The molecule has 0 spiro atoms. The van der Waals surface area contributed by atoms with Crippen molar-refractivity contribution >= 4 is 12.0 Å². The van der Waals surface area contributed by atoms with Gasteiger partial charge in [0.05, 0.1) is 13.4 Å². The Morgan fingerprint density at radius 3 is 2.81 bits per heavy atom. The number of carbonyl (C=O) groups is 1. The Balaban J connectivity index is 2.11. The molecule has 5 heteroatoms. The molecule has 0 radical (unpaired) electrons. The predicted octanol–water partition coefficient (Wildman–Crippen LogP) is 2.58. The highest BCUT2D eigenvalue weighted by atomic mass is 16.5. The maximum Gasteiger partial charge on any atom is 0.336 e. The van der Waals surface area contributed by atoms with Gasteiger partial charge in [0.2, 0.25) is 11.2 Å². The van der Waals surface area contributed by atoms with Crippen LogP contribution >= 0.6 is 0 Å². The molecule has 0 N–H and O–H groups in total. The molecule has 0 unspecified atom stereocenters. The molecule has 0 fully saturated rings. The summed E-state index contributed by atoms with van der Waals surface area (Å²) >= 11 is 0. The summed E-state index contributed by atoms with van der Waals surface area (Å²) < 4.78 is 15.1. The molecule has 2 rings (SSSR count). The summed E-state index contributed by atoms with van der Waals surface area (Å²) in [6, 6.07) is 8.38. The van der Waals surface area contributed by atoms with Crippen molar-refractivity contribution in [3.8, 4) is 11.5 Å². The molecule has 0 aliphatic carbocycles. The van der Waals surface area contributed by atoms with E-state index in [4.69, 9.17) is 13.9 Å². The third-order valence-electron chi connectivity index (χ3n) is 2.72. The van der Waals surface area contributed by atoms with Gasteiger partial charge in [0.15, 0.2) is 0 Å². The first-order valence-corrected chi connectivity index (χ1v) is 6.22. The van der Waals surface area contributed by atoms with Gasteiger partial charge in [0, 0.05) is 12.1 Å². The summed E-state index contributed by atoms with van der Waals surface area (Å²) in [4.78, 5) is 23.3. The maximum absolute atomic E-state index is 11.7. The second kappa shape index (κ2) is 6.56. The SMILES string of the molecule is COc1cccc(/C=C/C(=O)Oc2c(C)occc2=O)c1. The molecule has 0 atom stereocenters. The second-order valence-corrected chi connectivity index (χ2v) is 4.20. The van der Waals surface area contributed by atoms with Crippen LogP contribution in [-0.2, 0) is 4.79 Å². The van der Waals surface area contributed by atoms with E-state index in [2.05, 4.69) is 0 Å². The molecule has 1 heterocycles. The number of hydrogen-bond acceptors (Lipinski definition) is 5. The highest BCUT2D eigenvalue weighted by Crippen LogP contribution is 2.14. The van der Waals surface area contributed by atoms with E-state index in [1.165, 1.54) is 18.4 Å². The zero-order valence-electron chi connectivity index (χ0n) is 11.7. The molecule has 0 saturated carbocycles. The van der Waals surface area contributed by atoms with Gasteiger partial charge >= 0.3 is 5.97 Å². The summed E-state index contributed by atoms with van der Waals surface area (Å²) in [6.07, 6.45) is 4.06. The number of rotatable bonds is 4. The molecular weight excluding hydrogens is 272 g/mol. The third-order valence-corrected chi connectivity index (χ3v) is 2.72. The molecule has 0 amide bonds. The lowest BCUT2D eigenvalue weighted by atomic mass is 10.2. The number of aryl methyl sites for hydroxylation is 1. The highest BCUT2D eigenvalue weighted by molar-refractivity contribution is 5.88. The van der Waals surface area contributed by atoms with E-state index in [1.807, 2.05) is 6.07 Å². The smallest absolute Gasteiger partial charge is 0.336 e. The fraction of sp³-hybridized carbons (Fsp3) is 0.125. The van der Waals surface area contributed by atoms with Crippen LogP contribution in [0.15, 0.2) is 51.9 Å². The van der Waals surface area contributed by atoms with Crippen LogP contribution in [0.25, 0.3) is 6.08 Å². The Labute approximate surface area is 121 Å². The summed E-state index contributed by atoms with van der Waals surface area (Å²) in [7, 11) is 1.56. The first-order valence-electron chi connectivity index (χ1n) is 6.22. The van der Waals surface area contributed by atoms with Crippen molar-refractivity contribution < 1.29 is 18.7 Å². The van der Waals surface area contributed by atoms with Crippen LogP contribution in [0.1, 0.15) is 11.3 Å². The molecule has 1 aromatic heterocycles. The monoisotopic (exact) mass is 286 g/mol. The zero-order valence-corrected chi connectivity index (χ0v) is 11.7. The van der Waals surface area contributed by atoms with Crippen LogP contribution < -0.4 is 14.9 Å². The topological polar surface area (TPSA) is 65.7 Å². The second-order valence-electron chi connectivity index (χ2n) is 4.20. The van der Waals surface area contributed by atoms with Crippen molar-refractivity contribution in [3.63, 3.8) is 0 Å². The molecule has 0 saturated heterocycles. The van der Waals surface area contributed by atoms with Crippen molar-refractivity contribution in [2.75, 3.05) is 7.11 Å². The van der Waals surface area contributed by atoms with Gasteiger partial charge in [-0.1, -0.05) is 12.1 Å². The molecule has 5 nitrogen and oxygen atoms in total. The first kappa shape index (κ1) is 14.6. The van der Waals surface area contributed by atoms with Crippen LogP contribution in [0, 0.1) is 6.92 Å². The van der Waals surface area contributed by atoms with Gasteiger partial charge in [-0.2, -0.15) is 0 Å². The number of esters is 1. The fourth-order valence-electron chi connectivity index (χ4n) is 1.67. The molecule has 1 aromatic carbocycles. The van der Waals surface area contributed by atoms with Gasteiger partial charge in [0.25, 0.3) is 0 Å². The van der Waals surface area contributed by atoms with E-state index in [0.29, 0.717) is 5.75 Å². The number of carbonyl (C=O) groups excluding carboxylic acids is 1. The quantitative estimate of drug-likeness (QED) is 0.638. The molecular formula is C16H14O5. The summed E-state index contributed by atoms with van der Waals surface area (Å²) in [5.41, 5.74) is 0.380. The lowest BCUT2D eigenvalue weighted by Crippen LogP contribution is -2.13. The van der Waals surface area contributed by atoms with E-state index in [-0.39, 0.29) is 11.5 Å². The number of methoxy groups -OCH3 is 1. The van der Waals surface area contributed by atoms with Crippen molar-refractivity contribution in [2.45, 2.75) is 6.92 Å². The van der Waals surface area contributed by atoms with Crippen molar-refractivity contribution in [3.05, 3.63) is 64.2 Å². The average molecular weight is 286 g/mol. The molecule has 21 heavy (non-hydrogen) atoms. The predicted molar refractivity (Wildman–Crippen MR) is 77.4 cm³/mol. The van der Waals surface area contributed by atoms with Crippen LogP contribution in [0.5, 0.6) is 11.5 Å². The fourth-order valence-corrected chi connectivity index (χ4v) is 1.67. The van der Waals surface area contributed by atoms with Crippen molar-refractivity contribution in [1.29, 1.82) is 0 Å². The minimum absolute atomic E-state index is 0.0993. The van der Waals surface area contributed by atoms with Gasteiger partial charge in [0.1, 0.15) is 11.5 Å². The minimum Gasteiger partial charge on any atom is -0.497 e. The van der Waals surface area contributed by atoms with Gasteiger partial charge in [-0.25, -0.2) is 4.79 Å². The Bertz CT molecular complexity index is 727. The zero-order chi connectivity index (χ0) is 15.2. The number of ether oxygens (including phenoxy) is 2. The van der Waals surface area contributed by atoms with E-state index in [9.17, 15) is 9.59 Å². The normalized spacial score (nSPS) is 10.6. The Morgan fingerprint density at radius 1 is 1.29 bits per heavy atom. The summed E-state index contributed by atoms with van der Waals surface area (Å²) in [6.45, 7) is 1.55. The average Bonchev–Trinajstić information content (AvgIpc) is 2.49. The van der Waals surface area contributed by atoms with Crippen molar-refractivity contribution in [2.24, 2.45) is 0 Å². The molecule has 0 bridgehead atoms. The van der Waals surface area contributed by atoms with Crippen molar-refractivity contribution in [1.82, 2.24) is 0 Å². The largest absolute Gasteiger partial charge is 0.497 e.